The molecule has 4 aromatic carbocycles. The topological polar surface area (TPSA) is 90.0 Å². The molecule has 0 spiro atoms. The summed E-state index contributed by atoms with van der Waals surface area (Å²) in [5.74, 6) is -0.782. The van der Waals surface area contributed by atoms with Gasteiger partial charge in [-0.2, -0.15) is 0 Å². The van der Waals surface area contributed by atoms with E-state index in [1.54, 1.807) is 36.4 Å². The number of piperazine rings is 1. The van der Waals surface area contributed by atoms with Gasteiger partial charge in [-0.25, -0.2) is 8.42 Å². The molecular weight excluding hydrogens is 596 g/mol. The molecule has 1 saturated heterocycles. The molecule has 0 atom stereocenters. The first-order valence-corrected chi connectivity index (χ1v) is 16.5. The molecule has 4 aromatic rings. The molecule has 1 N–H and O–H groups in total. The molecule has 44 heavy (non-hydrogen) atoms. The average Bonchev–Trinajstić information content (AvgIpc) is 3.11. The predicted octanol–water partition coefficient (Wildman–Crippen LogP) is 4.88. The van der Waals surface area contributed by atoms with Crippen molar-refractivity contribution in [1.82, 2.24) is 15.1 Å². The fourth-order valence-electron chi connectivity index (χ4n) is 5.72. The number of fused-ring (bicyclic) bond motifs is 2. The highest BCUT2D eigenvalue weighted by Gasteiger charge is 2.36. The molecule has 2 aliphatic heterocycles. The summed E-state index contributed by atoms with van der Waals surface area (Å²) in [4.78, 5) is 33.2. The van der Waals surface area contributed by atoms with Gasteiger partial charge in [-0.05, 0) is 53.6 Å². The SMILES string of the molecule is O=C(NCCN1CCN(Cc2ccccc2)CC1)c1ccc2c(c1)N(Cc1ccc(Cl)cc1)C(=O)c1ccccc1S2(=O)=O. The van der Waals surface area contributed by atoms with Crippen molar-refractivity contribution in [3.05, 3.63) is 124 Å². The number of halogens is 1. The zero-order valence-electron chi connectivity index (χ0n) is 24.2. The number of sulfone groups is 1. The van der Waals surface area contributed by atoms with E-state index in [-0.39, 0.29) is 39.1 Å². The maximum absolute atomic E-state index is 13.8. The van der Waals surface area contributed by atoms with Crippen LogP contribution in [0.5, 0.6) is 0 Å². The second-order valence-electron chi connectivity index (χ2n) is 11.1. The van der Waals surface area contributed by atoms with Gasteiger partial charge < -0.3 is 10.2 Å². The van der Waals surface area contributed by atoms with E-state index in [0.717, 1.165) is 38.3 Å². The third-order valence-electron chi connectivity index (χ3n) is 8.14. The lowest BCUT2D eigenvalue weighted by Gasteiger charge is -2.34. The lowest BCUT2D eigenvalue weighted by atomic mass is 10.1. The smallest absolute Gasteiger partial charge is 0.259 e. The van der Waals surface area contributed by atoms with Crippen molar-refractivity contribution in [3.63, 3.8) is 0 Å². The third-order valence-corrected chi connectivity index (χ3v) is 10.2. The summed E-state index contributed by atoms with van der Waals surface area (Å²) < 4.78 is 27.5. The molecular formula is C34H33ClN4O4S. The van der Waals surface area contributed by atoms with Gasteiger partial charge in [0.15, 0.2) is 0 Å². The number of benzene rings is 4. The second kappa shape index (κ2) is 12.9. The Bertz CT molecular complexity index is 1770. The summed E-state index contributed by atoms with van der Waals surface area (Å²) in [5.41, 5.74) is 2.62. The molecule has 2 amide bonds. The number of hydrogen-bond donors (Lipinski definition) is 1. The minimum absolute atomic E-state index is 0.0188. The van der Waals surface area contributed by atoms with Gasteiger partial charge in [0.2, 0.25) is 9.84 Å². The number of nitrogens with one attached hydrogen (secondary N) is 1. The van der Waals surface area contributed by atoms with Gasteiger partial charge in [-0.3, -0.25) is 19.4 Å². The molecule has 0 aromatic heterocycles. The molecule has 6 rings (SSSR count). The number of carbonyl (C=O) groups excluding carboxylic acids is 2. The van der Waals surface area contributed by atoms with Gasteiger partial charge in [-0.15, -0.1) is 0 Å². The number of anilines is 1. The van der Waals surface area contributed by atoms with Gasteiger partial charge in [0, 0.05) is 56.4 Å². The lowest BCUT2D eigenvalue weighted by molar-refractivity contribution is 0.0931. The molecule has 8 nitrogen and oxygen atoms in total. The van der Waals surface area contributed by atoms with Crippen LogP contribution in [0.1, 0.15) is 31.8 Å². The Labute approximate surface area is 262 Å². The molecule has 2 aliphatic rings. The maximum Gasteiger partial charge on any atom is 0.259 e. The number of rotatable bonds is 8. The van der Waals surface area contributed by atoms with Crippen LogP contribution >= 0.6 is 11.6 Å². The molecule has 0 unspecified atom stereocenters. The lowest BCUT2D eigenvalue weighted by Crippen LogP contribution is -2.48. The number of amides is 2. The molecule has 1 fully saturated rings. The third kappa shape index (κ3) is 6.42. The summed E-state index contributed by atoms with van der Waals surface area (Å²) in [6.45, 7) is 5.95. The molecule has 0 bridgehead atoms. The van der Waals surface area contributed by atoms with Crippen molar-refractivity contribution in [2.45, 2.75) is 22.9 Å². The summed E-state index contributed by atoms with van der Waals surface area (Å²) in [5, 5.41) is 3.53. The first-order valence-electron chi connectivity index (χ1n) is 14.6. The predicted molar refractivity (Wildman–Crippen MR) is 171 cm³/mol. The molecule has 0 aliphatic carbocycles. The van der Waals surface area contributed by atoms with Gasteiger partial charge in [0.1, 0.15) is 0 Å². The Kier molecular flexibility index (Phi) is 8.81. The Morgan fingerprint density at radius 2 is 1.41 bits per heavy atom. The monoisotopic (exact) mass is 628 g/mol. The van der Waals surface area contributed by atoms with Crippen LogP contribution in [0.4, 0.5) is 5.69 Å². The first-order chi connectivity index (χ1) is 21.3. The highest BCUT2D eigenvalue weighted by molar-refractivity contribution is 7.91. The molecule has 10 heteroatoms. The van der Waals surface area contributed by atoms with Gasteiger partial charge in [-0.1, -0.05) is 66.2 Å². The van der Waals surface area contributed by atoms with Crippen LogP contribution in [-0.2, 0) is 22.9 Å². The van der Waals surface area contributed by atoms with E-state index >= 15 is 0 Å². The van der Waals surface area contributed by atoms with E-state index in [0.29, 0.717) is 18.1 Å². The average molecular weight is 629 g/mol. The van der Waals surface area contributed by atoms with Crippen LogP contribution in [0.15, 0.2) is 107 Å². The first kappa shape index (κ1) is 30.0. The Morgan fingerprint density at radius 3 is 2.16 bits per heavy atom. The van der Waals surface area contributed by atoms with E-state index in [1.807, 2.05) is 6.07 Å². The van der Waals surface area contributed by atoms with Crippen molar-refractivity contribution in [2.75, 3.05) is 44.2 Å². The quantitative estimate of drug-likeness (QED) is 0.299. The van der Waals surface area contributed by atoms with E-state index in [4.69, 9.17) is 11.6 Å². The van der Waals surface area contributed by atoms with Crippen molar-refractivity contribution in [2.24, 2.45) is 0 Å². The molecule has 226 valence electrons. The summed E-state index contributed by atoms with van der Waals surface area (Å²) >= 11 is 6.07. The van der Waals surface area contributed by atoms with Crippen molar-refractivity contribution in [3.8, 4) is 0 Å². The van der Waals surface area contributed by atoms with Crippen molar-refractivity contribution in [1.29, 1.82) is 0 Å². The Balaban J connectivity index is 1.17. The number of hydrogen-bond acceptors (Lipinski definition) is 6. The zero-order valence-corrected chi connectivity index (χ0v) is 25.7. The van der Waals surface area contributed by atoms with Crippen LogP contribution in [0.2, 0.25) is 5.02 Å². The normalized spacial score (nSPS) is 16.6. The standard InChI is InChI=1S/C34H33ClN4O4S/c35-28-13-10-26(11-14-28)24-39-30-22-27(12-15-32(30)44(42,43)31-9-5-4-8-29(31)34(39)41)33(40)36-16-17-37-18-20-38(21-19-37)23-25-6-2-1-3-7-25/h1-15,22H,16-21,23-24H2,(H,36,40). The maximum atomic E-state index is 13.8. The molecule has 2 heterocycles. The number of nitrogens with zero attached hydrogens (tertiary/aromatic N) is 3. The highest BCUT2D eigenvalue weighted by Crippen LogP contribution is 2.38. The highest BCUT2D eigenvalue weighted by atomic mass is 35.5. The van der Waals surface area contributed by atoms with Crippen LogP contribution < -0.4 is 10.2 Å². The van der Waals surface area contributed by atoms with Crippen LogP contribution in [0.3, 0.4) is 0 Å². The van der Waals surface area contributed by atoms with E-state index in [1.165, 1.54) is 40.8 Å². The summed E-state index contributed by atoms with van der Waals surface area (Å²) in [7, 11) is -4.03. The van der Waals surface area contributed by atoms with Gasteiger partial charge in [0.25, 0.3) is 11.8 Å². The van der Waals surface area contributed by atoms with Crippen molar-refractivity contribution >= 4 is 38.9 Å². The van der Waals surface area contributed by atoms with Crippen LogP contribution in [-0.4, -0.2) is 69.3 Å². The van der Waals surface area contributed by atoms with Crippen molar-refractivity contribution < 1.29 is 18.0 Å². The van der Waals surface area contributed by atoms with E-state index in [2.05, 4.69) is 39.4 Å². The van der Waals surface area contributed by atoms with Crippen LogP contribution in [0, 0.1) is 0 Å². The van der Waals surface area contributed by atoms with Gasteiger partial charge in [0.05, 0.1) is 27.6 Å². The second-order valence-corrected chi connectivity index (χ2v) is 13.4. The number of carbonyl (C=O) groups is 2. The minimum Gasteiger partial charge on any atom is -0.351 e. The molecule has 0 radical (unpaired) electrons. The fraction of sp³-hybridized carbons (Fsp3) is 0.235. The molecule has 0 saturated carbocycles. The van der Waals surface area contributed by atoms with Gasteiger partial charge >= 0.3 is 0 Å². The minimum atomic E-state index is -4.03. The largest absolute Gasteiger partial charge is 0.351 e. The van der Waals surface area contributed by atoms with E-state index in [9.17, 15) is 18.0 Å². The Hall–Kier alpha value is -4.02. The fourth-order valence-corrected chi connectivity index (χ4v) is 7.48. The zero-order chi connectivity index (χ0) is 30.7. The summed E-state index contributed by atoms with van der Waals surface area (Å²) in [6.07, 6.45) is 0. The Morgan fingerprint density at radius 1 is 0.750 bits per heavy atom. The van der Waals surface area contributed by atoms with E-state index < -0.39 is 15.7 Å². The van der Waals surface area contributed by atoms with Crippen LogP contribution in [0.25, 0.3) is 0 Å². The summed E-state index contributed by atoms with van der Waals surface area (Å²) in [6, 6.07) is 28.1.